The van der Waals surface area contributed by atoms with Gasteiger partial charge in [0.15, 0.2) is 0 Å². The lowest BCUT2D eigenvalue weighted by Crippen LogP contribution is -2.30. The molecule has 0 unspecified atom stereocenters. The van der Waals surface area contributed by atoms with Crippen LogP contribution in [-0.4, -0.2) is 31.0 Å². The van der Waals surface area contributed by atoms with Crippen molar-refractivity contribution in [3.63, 3.8) is 0 Å². The Hall–Kier alpha value is -1.36. The molecule has 0 N–H and O–H groups in total. The van der Waals surface area contributed by atoms with Gasteiger partial charge < -0.3 is 9.47 Å². The van der Waals surface area contributed by atoms with Crippen molar-refractivity contribution < 1.29 is 19.1 Å². The molecule has 0 saturated heterocycles. The molecule has 1 aromatic rings. The molecule has 0 aliphatic carbocycles. The van der Waals surface area contributed by atoms with Crippen LogP contribution < -0.4 is 0 Å². The topological polar surface area (TPSA) is 52.6 Å². The predicted octanol–water partition coefficient (Wildman–Crippen LogP) is 2.19. The molecular weight excluding hydrogens is 300 g/mol. The van der Waals surface area contributed by atoms with Crippen LogP contribution in [0.4, 0.5) is 0 Å². The molecule has 5 heteroatoms. The van der Waals surface area contributed by atoms with E-state index in [0.717, 1.165) is 5.56 Å². The number of hydrogen-bond acceptors (Lipinski definition) is 4. The Kier molecular flexibility index (Phi) is 5.34. The summed E-state index contributed by atoms with van der Waals surface area (Å²) >= 11 is 3.19. The van der Waals surface area contributed by atoms with E-state index in [-0.39, 0.29) is 0 Å². The summed E-state index contributed by atoms with van der Waals surface area (Å²) in [5.41, 5.74) is 1.78. The van der Waals surface area contributed by atoms with Gasteiger partial charge in [-0.2, -0.15) is 0 Å². The normalized spacial score (nSPS) is 13.6. The van der Waals surface area contributed by atoms with Crippen LogP contribution >= 0.6 is 15.9 Å². The molecule has 0 heterocycles. The smallest absolute Gasteiger partial charge is 0.320 e. The van der Waals surface area contributed by atoms with Crippen molar-refractivity contribution in [1.82, 2.24) is 0 Å². The van der Waals surface area contributed by atoms with Gasteiger partial charge in [0.05, 0.1) is 14.2 Å². The number of ether oxygens (including phenoxy) is 2. The van der Waals surface area contributed by atoms with Crippen LogP contribution in [-0.2, 0) is 19.1 Å². The number of methoxy groups -OCH3 is 2. The van der Waals surface area contributed by atoms with Gasteiger partial charge in [-0.1, -0.05) is 45.8 Å². The van der Waals surface area contributed by atoms with Crippen LogP contribution in [0.1, 0.15) is 17.0 Å². The van der Waals surface area contributed by atoms with Crippen LogP contribution in [0, 0.1) is 6.92 Å². The number of benzene rings is 1. The first kappa shape index (κ1) is 14.7. The van der Waals surface area contributed by atoms with E-state index in [9.17, 15) is 9.59 Å². The molecule has 0 aliphatic heterocycles. The van der Waals surface area contributed by atoms with Crippen molar-refractivity contribution in [2.45, 2.75) is 17.7 Å². The first-order chi connectivity index (χ1) is 8.51. The molecule has 0 bridgehead atoms. The fraction of sp³-hybridized carbons (Fsp3) is 0.385. The maximum absolute atomic E-state index is 11.8. The number of carbonyl (C=O) groups excluding carboxylic acids is 2. The molecule has 0 radical (unpaired) electrons. The Morgan fingerprint density at radius 2 is 1.56 bits per heavy atom. The van der Waals surface area contributed by atoms with Gasteiger partial charge in [0, 0.05) is 0 Å². The van der Waals surface area contributed by atoms with Crippen LogP contribution in [0.25, 0.3) is 0 Å². The van der Waals surface area contributed by atoms with Gasteiger partial charge in [0.1, 0.15) is 10.7 Å². The SMILES string of the molecule is COC(=O)[C@H](Br)[C@@H](C(=O)OC)c1ccc(C)cc1. The van der Waals surface area contributed by atoms with E-state index in [4.69, 9.17) is 4.74 Å². The van der Waals surface area contributed by atoms with E-state index >= 15 is 0 Å². The molecule has 18 heavy (non-hydrogen) atoms. The number of esters is 2. The zero-order chi connectivity index (χ0) is 13.7. The standard InChI is InChI=1S/C13H15BrO4/c1-8-4-6-9(7-5-8)10(12(15)17-2)11(14)13(16)18-3/h4-7,10-11H,1-3H3/t10-,11+/m0/s1. The summed E-state index contributed by atoms with van der Waals surface area (Å²) in [5.74, 6) is -1.71. The Morgan fingerprint density at radius 3 is 2.00 bits per heavy atom. The largest absolute Gasteiger partial charge is 0.469 e. The zero-order valence-corrected chi connectivity index (χ0v) is 12.1. The second kappa shape index (κ2) is 6.54. The molecule has 0 amide bonds. The monoisotopic (exact) mass is 314 g/mol. The fourth-order valence-corrected chi connectivity index (χ4v) is 2.28. The van der Waals surface area contributed by atoms with Gasteiger partial charge in [0.25, 0.3) is 0 Å². The van der Waals surface area contributed by atoms with Gasteiger partial charge in [-0.25, -0.2) is 0 Å². The summed E-state index contributed by atoms with van der Waals surface area (Å²) in [5, 5.41) is 0. The molecular formula is C13H15BrO4. The van der Waals surface area contributed by atoms with E-state index in [1.807, 2.05) is 19.1 Å². The lowest BCUT2D eigenvalue weighted by atomic mass is 9.95. The second-order valence-electron chi connectivity index (χ2n) is 3.84. The zero-order valence-electron chi connectivity index (χ0n) is 10.5. The summed E-state index contributed by atoms with van der Waals surface area (Å²) in [7, 11) is 2.57. The van der Waals surface area contributed by atoms with E-state index in [2.05, 4.69) is 20.7 Å². The van der Waals surface area contributed by atoms with Crippen molar-refractivity contribution in [2.24, 2.45) is 0 Å². The number of halogens is 1. The number of carbonyl (C=O) groups is 2. The van der Waals surface area contributed by atoms with E-state index in [1.165, 1.54) is 14.2 Å². The first-order valence-electron chi connectivity index (χ1n) is 5.37. The Labute approximate surface area is 114 Å². The van der Waals surface area contributed by atoms with E-state index < -0.39 is 22.7 Å². The molecule has 0 saturated carbocycles. The minimum Gasteiger partial charge on any atom is -0.469 e. The number of alkyl halides is 1. The highest BCUT2D eigenvalue weighted by Gasteiger charge is 2.34. The van der Waals surface area contributed by atoms with Crippen molar-refractivity contribution in [3.8, 4) is 0 Å². The third kappa shape index (κ3) is 3.32. The molecule has 0 fully saturated rings. The molecule has 0 aromatic heterocycles. The lowest BCUT2D eigenvalue weighted by Gasteiger charge is -2.19. The van der Waals surface area contributed by atoms with Crippen molar-refractivity contribution in [3.05, 3.63) is 35.4 Å². The highest BCUT2D eigenvalue weighted by atomic mass is 79.9. The average molecular weight is 315 g/mol. The molecule has 98 valence electrons. The maximum atomic E-state index is 11.8. The lowest BCUT2D eigenvalue weighted by molar-refractivity contribution is -0.148. The summed E-state index contributed by atoms with van der Waals surface area (Å²) in [4.78, 5) is 22.6. The van der Waals surface area contributed by atoms with E-state index in [0.29, 0.717) is 5.56 Å². The third-order valence-electron chi connectivity index (χ3n) is 2.61. The Bertz CT molecular complexity index is 427. The predicted molar refractivity (Wildman–Crippen MR) is 70.7 cm³/mol. The van der Waals surface area contributed by atoms with Crippen LogP contribution in [0.3, 0.4) is 0 Å². The van der Waals surface area contributed by atoms with Crippen molar-refractivity contribution in [2.75, 3.05) is 14.2 Å². The fourth-order valence-electron chi connectivity index (χ4n) is 1.57. The highest BCUT2D eigenvalue weighted by molar-refractivity contribution is 9.10. The van der Waals surface area contributed by atoms with Gasteiger partial charge >= 0.3 is 11.9 Å². The third-order valence-corrected chi connectivity index (χ3v) is 3.51. The summed E-state index contributed by atoms with van der Waals surface area (Å²) in [6, 6.07) is 7.35. The molecule has 4 nitrogen and oxygen atoms in total. The van der Waals surface area contributed by atoms with Gasteiger partial charge in [0.2, 0.25) is 0 Å². The van der Waals surface area contributed by atoms with Crippen molar-refractivity contribution >= 4 is 27.9 Å². The molecule has 2 atom stereocenters. The second-order valence-corrected chi connectivity index (χ2v) is 4.82. The molecule has 0 aliphatic rings. The first-order valence-corrected chi connectivity index (χ1v) is 6.29. The number of rotatable bonds is 4. The summed E-state index contributed by atoms with van der Waals surface area (Å²) in [6.45, 7) is 1.95. The van der Waals surface area contributed by atoms with Crippen molar-refractivity contribution in [1.29, 1.82) is 0 Å². The molecule has 1 rings (SSSR count). The summed E-state index contributed by atoms with van der Waals surface area (Å²) in [6.07, 6.45) is 0. The average Bonchev–Trinajstić information content (AvgIpc) is 2.39. The molecule has 0 spiro atoms. The Morgan fingerprint density at radius 1 is 1.06 bits per heavy atom. The minimum absolute atomic E-state index is 0.480. The van der Waals surface area contributed by atoms with Crippen LogP contribution in [0.2, 0.25) is 0 Å². The summed E-state index contributed by atoms with van der Waals surface area (Å²) < 4.78 is 9.38. The Balaban J connectivity index is 3.09. The molecule has 1 aromatic carbocycles. The maximum Gasteiger partial charge on any atom is 0.320 e. The van der Waals surface area contributed by atoms with Gasteiger partial charge in [-0.05, 0) is 12.5 Å². The van der Waals surface area contributed by atoms with Gasteiger partial charge in [-0.15, -0.1) is 0 Å². The number of aryl methyl sites for hydroxylation is 1. The van der Waals surface area contributed by atoms with E-state index in [1.54, 1.807) is 12.1 Å². The van der Waals surface area contributed by atoms with Crippen LogP contribution in [0.15, 0.2) is 24.3 Å². The minimum atomic E-state index is -0.766. The van der Waals surface area contributed by atoms with Gasteiger partial charge in [-0.3, -0.25) is 9.59 Å². The number of hydrogen-bond donors (Lipinski definition) is 0. The highest BCUT2D eigenvalue weighted by Crippen LogP contribution is 2.27. The quantitative estimate of drug-likeness (QED) is 0.631. The van der Waals surface area contributed by atoms with Crippen LogP contribution in [0.5, 0.6) is 0 Å².